The Morgan fingerprint density at radius 3 is 2.00 bits per heavy atom. The zero-order chi connectivity index (χ0) is 12.0. The number of hydrogen-bond acceptors (Lipinski definition) is 8. The number of carbonyl (C=O) groups excluding carboxylic acids is 2. The van der Waals surface area contributed by atoms with Gasteiger partial charge in [0.15, 0.2) is 0 Å². The van der Waals surface area contributed by atoms with E-state index >= 15 is 0 Å². The van der Waals surface area contributed by atoms with Gasteiger partial charge in [0.1, 0.15) is 22.7 Å². The molecule has 0 rings (SSSR count). The highest BCUT2D eigenvalue weighted by molar-refractivity contribution is 7.74. The molecule has 8 nitrogen and oxygen atoms in total. The van der Waals surface area contributed by atoms with Crippen LogP contribution in [0.4, 0.5) is 0 Å². The minimum atomic E-state index is -3.08. The van der Waals surface area contributed by atoms with Gasteiger partial charge in [0.05, 0.1) is 6.42 Å². The quantitative estimate of drug-likeness (QED) is 0.433. The summed E-state index contributed by atoms with van der Waals surface area (Å²) in [4.78, 5) is 21.3. The molecule has 0 bridgehead atoms. The van der Waals surface area contributed by atoms with Crippen molar-refractivity contribution in [3.8, 4) is 0 Å². The van der Waals surface area contributed by atoms with E-state index in [9.17, 15) is 27.1 Å². The van der Waals surface area contributed by atoms with Crippen LogP contribution in [0.2, 0.25) is 0 Å². The van der Waals surface area contributed by atoms with Crippen molar-refractivity contribution in [3.05, 3.63) is 12.2 Å². The van der Waals surface area contributed by atoms with Gasteiger partial charge in [-0.25, -0.2) is 13.2 Å². The highest BCUT2D eigenvalue weighted by atomic mass is 32.2. The first-order valence-corrected chi connectivity index (χ1v) is 5.13. The van der Waals surface area contributed by atoms with E-state index in [1.54, 1.807) is 0 Å². The van der Waals surface area contributed by atoms with Crippen LogP contribution >= 0.6 is 0 Å². The zero-order valence-electron chi connectivity index (χ0n) is 7.00. The zero-order valence-corrected chi connectivity index (χ0v) is 8.63. The molecule has 0 radical (unpaired) electrons. The Kier molecular flexibility index (Phi) is 5.93. The molecule has 0 aliphatic rings. The van der Waals surface area contributed by atoms with Gasteiger partial charge < -0.3 is 17.5 Å². The van der Waals surface area contributed by atoms with E-state index < -0.39 is 46.7 Å². The smallest absolute Gasteiger partial charge is 0.347 e. The lowest BCUT2D eigenvalue weighted by Gasteiger charge is -2.08. The average Bonchev–Trinajstić information content (AvgIpc) is 2.00. The summed E-state index contributed by atoms with van der Waals surface area (Å²) in [6.45, 7) is 3.01. The fourth-order valence-electron chi connectivity index (χ4n) is 0.472. The number of hydrogen-bond donors (Lipinski definition) is 0. The largest absolute Gasteiger partial charge is 0.740 e. The van der Waals surface area contributed by atoms with Gasteiger partial charge in [-0.1, -0.05) is 6.58 Å². The fourth-order valence-corrected chi connectivity index (χ4v) is 0.925. The predicted octanol–water partition coefficient (Wildman–Crippen LogP) is -1.39. The van der Waals surface area contributed by atoms with Gasteiger partial charge in [-0.3, -0.25) is 4.79 Å². The molecule has 0 aliphatic heterocycles. The Balaban J connectivity index is 4.13. The molecule has 86 valence electrons. The third kappa shape index (κ3) is 6.90. The Bertz CT molecular complexity index is 334. The van der Waals surface area contributed by atoms with E-state index in [1.807, 2.05) is 0 Å². The van der Waals surface area contributed by atoms with E-state index in [4.69, 9.17) is 0 Å². The van der Waals surface area contributed by atoms with Gasteiger partial charge in [-0.15, -0.1) is 0 Å². The van der Waals surface area contributed by atoms with Crippen LogP contribution in [0.1, 0.15) is 6.42 Å². The highest BCUT2D eigenvalue weighted by Crippen LogP contribution is 2.04. The Labute approximate surface area is 89.2 Å². The third-order valence-corrected chi connectivity index (χ3v) is 1.56. The van der Waals surface area contributed by atoms with E-state index in [1.165, 1.54) is 0 Å². The normalized spacial score (nSPS) is 13.7. The van der Waals surface area contributed by atoms with Crippen LogP contribution in [0, 0.1) is 0 Å². The molecular weight excluding hydrogens is 252 g/mol. The Hall–Kier alpha value is -1.10. The van der Waals surface area contributed by atoms with Gasteiger partial charge in [-0.2, -0.15) is 0 Å². The molecule has 0 heterocycles. The van der Waals surface area contributed by atoms with Gasteiger partial charge in [-0.05, 0) is 0 Å². The molecule has 0 aromatic carbocycles. The van der Waals surface area contributed by atoms with E-state index in [0.29, 0.717) is 0 Å². The van der Waals surface area contributed by atoms with Crippen molar-refractivity contribution in [1.29, 1.82) is 0 Å². The molecular formula is C5H4O8S2-2. The van der Waals surface area contributed by atoms with E-state index in [2.05, 4.69) is 14.9 Å². The molecule has 15 heavy (non-hydrogen) atoms. The lowest BCUT2D eigenvalue weighted by molar-refractivity contribution is -0.136. The molecule has 0 aromatic heterocycles. The molecule has 0 amide bonds. The molecule has 10 heteroatoms. The molecule has 0 aromatic rings. The molecule has 2 unspecified atom stereocenters. The average molecular weight is 256 g/mol. The predicted molar refractivity (Wildman–Crippen MR) is 43.8 cm³/mol. The van der Waals surface area contributed by atoms with Crippen molar-refractivity contribution in [2.24, 2.45) is 0 Å². The van der Waals surface area contributed by atoms with Crippen molar-refractivity contribution in [1.82, 2.24) is 0 Å². The summed E-state index contributed by atoms with van der Waals surface area (Å²) in [7, 11) is 0. The summed E-state index contributed by atoms with van der Waals surface area (Å²) in [5.74, 6) is -2.64. The molecule has 0 aliphatic carbocycles. The summed E-state index contributed by atoms with van der Waals surface area (Å²) in [5.41, 5.74) is -0.547. The molecule has 0 spiro atoms. The van der Waals surface area contributed by atoms with Crippen LogP contribution in [-0.2, 0) is 40.7 Å². The minimum absolute atomic E-state index is 0.547. The van der Waals surface area contributed by atoms with Gasteiger partial charge in [0.2, 0.25) is 0 Å². The second-order valence-electron chi connectivity index (χ2n) is 2.01. The highest BCUT2D eigenvalue weighted by Gasteiger charge is 2.14. The van der Waals surface area contributed by atoms with Crippen molar-refractivity contribution >= 4 is 34.7 Å². The number of carbonyl (C=O) groups is 2. The van der Waals surface area contributed by atoms with Gasteiger partial charge in [0.25, 0.3) is 0 Å². The SMILES string of the molecule is C=C(CC(=O)OS(=O)[O-])C(=O)OS(=O)[O-]. The topological polar surface area (TPSA) is 133 Å². The second kappa shape index (κ2) is 6.40. The molecule has 0 saturated carbocycles. The minimum Gasteiger partial charge on any atom is -0.740 e. The first kappa shape index (κ1) is 13.9. The van der Waals surface area contributed by atoms with E-state index in [-0.39, 0.29) is 0 Å². The van der Waals surface area contributed by atoms with E-state index in [0.717, 1.165) is 0 Å². The summed E-state index contributed by atoms with van der Waals surface area (Å²) in [6.07, 6.45) is -0.788. The standard InChI is InChI=1S/C5H6O8S2/c1-3(5(7)13-15(10)11)2-4(6)12-14(8)9/h1-2H2,(H,8,9)(H,10,11)/p-2. The van der Waals surface area contributed by atoms with Crippen LogP contribution < -0.4 is 0 Å². The molecule has 0 saturated heterocycles. The van der Waals surface area contributed by atoms with Crippen molar-refractivity contribution in [2.75, 3.05) is 0 Å². The first-order chi connectivity index (χ1) is 6.82. The molecule has 0 N–H and O–H groups in total. The van der Waals surface area contributed by atoms with Gasteiger partial charge in [0, 0.05) is 5.57 Å². The van der Waals surface area contributed by atoms with Crippen LogP contribution in [0.3, 0.4) is 0 Å². The van der Waals surface area contributed by atoms with Crippen molar-refractivity contribution in [3.63, 3.8) is 0 Å². The maximum Gasteiger partial charge on any atom is 0.347 e. The summed E-state index contributed by atoms with van der Waals surface area (Å²) in [5, 5.41) is 0. The summed E-state index contributed by atoms with van der Waals surface area (Å²) < 4.78 is 46.7. The fraction of sp³-hybridized carbons (Fsp3) is 0.200. The molecule has 0 fully saturated rings. The van der Waals surface area contributed by atoms with Crippen molar-refractivity contribution < 1.29 is 35.5 Å². The summed E-state index contributed by atoms with van der Waals surface area (Å²) >= 11 is -6.13. The molecule has 2 atom stereocenters. The van der Waals surface area contributed by atoms with Crippen molar-refractivity contribution in [2.45, 2.75) is 6.42 Å². The van der Waals surface area contributed by atoms with Gasteiger partial charge >= 0.3 is 11.9 Å². The maximum absolute atomic E-state index is 10.7. The monoisotopic (exact) mass is 256 g/mol. The first-order valence-electron chi connectivity index (χ1n) is 3.13. The Morgan fingerprint density at radius 1 is 1.13 bits per heavy atom. The lowest BCUT2D eigenvalue weighted by atomic mass is 10.2. The lowest BCUT2D eigenvalue weighted by Crippen LogP contribution is -2.14. The van der Waals surface area contributed by atoms with Crippen LogP contribution in [0.15, 0.2) is 12.2 Å². The van der Waals surface area contributed by atoms with Crippen LogP contribution in [0.5, 0.6) is 0 Å². The Morgan fingerprint density at radius 2 is 1.60 bits per heavy atom. The summed E-state index contributed by atoms with van der Waals surface area (Å²) in [6, 6.07) is 0. The third-order valence-electron chi connectivity index (χ3n) is 0.951. The number of rotatable bonds is 5. The maximum atomic E-state index is 10.7. The second-order valence-corrected chi connectivity index (χ2v) is 3.16. The van der Waals surface area contributed by atoms with Crippen LogP contribution in [0.25, 0.3) is 0 Å². The van der Waals surface area contributed by atoms with Crippen LogP contribution in [-0.4, -0.2) is 29.5 Å².